The lowest BCUT2D eigenvalue weighted by molar-refractivity contribution is 0.813. The monoisotopic (exact) mass is 223 g/mol. The summed E-state index contributed by atoms with van der Waals surface area (Å²) in [5, 5.41) is 3.71. The predicted molar refractivity (Wildman–Crippen MR) is 68.7 cm³/mol. The van der Waals surface area contributed by atoms with Crippen LogP contribution in [0.3, 0.4) is 0 Å². The summed E-state index contributed by atoms with van der Waals surface area (Å²) in [5.74, 6) is 0.133. The second-order valence-electron chi connectivity index (χ2n) is 3.79. The van der Waals surface area contributed by atoms with E-state index in [1.165, 1.54) is 11.1 Å². The van der Waals surface area contributed by atoms with E-state index in [2.05, 4.69) is 34.3 Å². The summed E-state index contributed by atoms with van der Waals surface area (Å²) >= 11 is 0. The van der Waals surface area contributed by atoms with Crippen molar-refractivity contribution in [1.82, 2.24) is 0 Å². The van der Waals surface area contributed by atoms with Crippen molar-refractivity contribution >= 4 is 0 Å². The topological polar surface area (TPSA) is 48.8 Å². The lowest BCUT2D eigenvalue weighted by atomic mass is 9.91. The van der Waals surface area contributed by atoms with Gasteiger partial charge in [0.25, 0.3) is 0 Å². The Morgan fingerprint density at radius 3 is 1.76 bits per heavy atom. The molecule has 3 heteroatoms. The Morgan fingerprint density at radius 2 is 1.35 bits per heavy atom. The van der Waals surface area contributed by atoms with Crippen LogP contribution in [0.5, 0.6) is 0 Å². The molecule has 0 aliphatic heterocycles. The van der Waals surface area contributed by atoms with Gasteiger partial charge in [-0.15, -0.1) is 0 Å². The maximum atomic E-state index is 8.47. The molecule has 0 atom stereocenters. The summed E-state index contributed by atoms with van der Waals surface area (Å²) in [6.45, 7) is 0.449. The zero-order valence-electron chi connectivity index (χ0n) is 9.40. The molecule has 0 heterocycles. The SMILES string of the molecule is [N-]=[N+]=NCC(c1ccccc1)c1ccccc1. The highest BCUT2D eigenvalue weighted by molar-refractivity contribution is 5.32. The lowest BCUT2D eigenvalue weighted by Gasteiger charge is -2.15. The van der Waals surface area contributed by atoms with E-state index >= 15 is 0 Å². The first kappa shape index (κ1) is 11.2. The Balaban J connectivity index is 2.35. The van der Waals surface area contributed by atoms with E-state index in [9.17, 15) is 0 Å². The molecule has 2 aromatic carbocycles. The molecule has 2 rings (SSSR count). The first-order valence-corrected chi connectivity index (χ1v) is 5.52. The van der Waals surface area contributed by atoms with E-state index in [0.717, 1.165) is 0 Å². The van der Waals surface area contributed by atoms with Crippen molar-refractivity contribution in [2.75, 3.05) is 6.54 Å². The van der Waals surface area contributed by atoms with Crippen LogP contribution in [0.25, 0.3) is 10.4 Å². The van der Waals surface area contributed by atoms with Gasteiger partial charge in [-0.25, -0.2) is 0 Å². The fourth-order valence-corrected chi connectivity index (χ4v) is 1.89. The van der Waals surface area contributed by atoms with E-state index in [-0.39, 0.29) is 5.92 Å². The van der Waals surface area contributed by atoms with Gasteiger partial charge in [0.2, 0.25) is 0 Å². The van der Waals surface area contributed by atoms with Crippen LogP contribution >= 0.6 is 0 Å². The number of nitrogens with zero attached hydrogens (tertiary/aromatic N) is 3. The Kier molecular flexibility index (Phi) is 3.79. The Bertz CT molecular complexity index is 462. The Hall–Kier alpha value is -2.25. The third kappa shape index (κ3) is 2.86. The minimum Gasteiger partial charge on any atom is -0.0930 e. The largest absolute Gasteiger partial charge is 0.0930 e. The molecule has 0 bridgehead atoms. The van der Waals surface area contributed by atoms with Crippen LogP contribution in [0.2, 0.25) is 0 Å². The molecule has 17 heavy (non-hydrogen) atoms. The predicted octanol–water partition coefficient (Wildman–Crippen LogP) is 4.13. The quantitative estimate of drug-likeness (QED) is 0.425. The van der Waals surface area contributed by atoms with Gasteiger partial charge < -0.3 is 0 Å². The molecule has 0 radical (unpaired) electrons. The lowest BCUT2D eigenvalue weighted by Crippen LogP contribution is -2.04. The number of rotatable bonds is 4. The van der Waals surface area contributed by atoms with Gasteiger partial charge in [-0.3, -0.25) is 0 Å². The third-order valence-electron chi connectivity index (χ3n) is 2.73. The van der Waals surface area contributed by atoms with Crippen molar-refractivity contribution in [1.29, 1.82) is 0 Å². The van der Waals surface area contributed by atoms with Crippen LogP contribution in [0.1, 0.15) is 17.0 Å². The number of benzene rings is 2. The maximum absolute atomic E-state index is 8.47. The van der Waals surface area contributed by atoms with E-state index < -0.39 is 0 Å². The highest BCUT2D eigenvalue weighted by atomic mass is 15.1. The number of hydrogen-bond acceptors (Lipinski definition) is 1. The highest BCUT2D eigenvalue weighted by Gasteiger charge is 2.12. The molecule has 0 N–H and O–H groups in total. The molecule has 0 aliphatic rings. The van der Waals surface area contributed by atoms with E-state index in [1.54, 1.807) is 0 Å². The highest BCUT2D eigenvalue weighted by Crippen LogP contribution is 2.24. The van der Waals surface area contributed by atoms with Gasteiger partial charge >= 0.3 is 0 Å². The van der Waals surface area contributed by atoms with Crippen LogP contribution < -0.4 is 0 Å². The van der Waals surface area contributed by atoms with Gasteiger partial charge in [0.1, 0.15) is 0 Å². The van der Waals surface area contributed by atoms with Crippen LogP contribution in [0.4, 0.5) is 0 Å². The van der Waals surface area contributed by atoms with Crippen molar-refractivity contribution < 1.29 is 0 Å². The smallest absolute Gasteiger partial charge is 0.0367 e. The minimum atomic E-state index is 0.133. The van der Waals surface area contributed by atoms with Gasteiger partial charge in [-0.05, 0) is 16.7 Å². The molecule has 0 saturated carbocycles. The summed E-state index contributed by atoms with van der Waals surface area (Å²) in [6.07, 6.45) is 0. The van der Waals surface area contributed by atoms with E-state index in [0.29, 0.717) is 6.54 Å². The van der Waals surface area contributed by atoms with Crippen molar-refractivity contribution in [2.24, 2.45) is 5.11 Å². The van der Waals surface area contributed by atoms with E-state index in [1.807, 2.05) is 36.4 Å². The molecule has 0 aromatic heterocycles. The molecule has 0 unspecified atom stereocenters. The summed E-state index contributed by atoms with van der Waals surface area (Å²) < 4.78 is 0. The second-order valence-corrected chi connectivity index (χ2v) is 3.79. The van der Waals surface area contributed by atoms with Crippen LogP contribution in [-0.4, -0.2) is 6.54 Å². The molecule has 0 fully saturated rings. The van der Waals surface area contributed by atoms with Gasteiger partial charge in [-0.2, -0.15) is 0 Å². The van der Waals surface area contributed by atoms with Crippen molar-refractivity contribution in [2.45, 2.75) is 5.92 Å². The summed E-state index contributed by atoms with van der Waals surface area (Å²) in [4.78, 5) is 2.85. The molecular weight excluding hydrogens is 210 g/mol. The molecule has 0 amide bonds. The maximum Gasteiger partial charge on any atom is 0.0367 e. The van der Waals surface area contributed by atoms with Gasteiger partial charge in [0, 0.05) is 17.4 Å². The fraction of sp³-hybridized carbons (Fsp3) is 0.143. The Morgan fingerprint density at radius 1 is 0.882 bits per heavy atom. The molecule has 3 nitrogen and oxygen atoms in total. The van der Waals surface area contributed by atoms with E-state index in [4.69, 9.17) is 5.53 Å². The number of hydrogen-bond donors (Lipinski definition) is 0. The first-order valence-electron chi connectivity index (χ1n) is 5.52. The zero-order chi connectivity index (χ0) is 11.9. The van der Waals surface area contributed by atoms with Gasteiger partial charge in [0.05, 0.1) is 0 Å². The number of azide groups is 1. The second kappa shape index (κ2) is 5.73. The minimum absolute atomic E-state index is 0.133. The summed E-state index contributed by atoms with van der Waals surface area (Å²) in [7, 11) is 0. The van der Waals surface area contributed by atoms with Crippen molar-refractivity contribution in [3.63, 3.8) is 0 Å². The molecule has 0 spiro atoms. The zero-order valence-corrected chi connectivity index (χ0v) is 9.40. The van der Waals surface area contributed by atoms with Gasteiger partial charge in [0.15, 0.2) is 0 Å². The third-order valence-corrected chi connectivity index (χ3v) is 2.73. The molecule has 2 aromatic rings. The van der Waals surface area contributed by atoms with Crippen LogP contribution in [0.15, 0.2) is 65.8 Å². The van der Waals surface area contributed by atoms with Gasteiger partial charge in [-0.1, -0.05) is 65.8 Å². The summed E-state index contributed by atoms with van der Waals surface area (Å²) in [6, 6.07) is 20.2. The first-order chi connectivity index (χ1) is 8.42. The molecule has 0 saturated heterocycles. The van der Waals surface area contributed by atoms with Crippen LogP contribution in [0, 0.1) is 0 Å². The molecule has 84 valence electrons. The fourth-order valence-electron chi connectivity index (χ4n) is 1.89. The molecule has 0 aliphatic carbocycles. The average molecular weight is 223 g/mol. The Labute approximate surface area is 100 Å². The normalized spacial score (nSPS) is 9.94. The molecular formula is C14H13N3. The average Bonchev–Trinajstić information content (AvgIpc) is 2.42. The van der Waals surface area contributed by atoms with Crippen molar-refractivity contribution in [3.8, 4) is 0 Å². The van der Waals surface area contributed by atoms with Crippen LogP contribution in [-0.2, 0) is 0 Å². The summed E-state index contributed by atoms with van der Waals surface area (Å²) in [5.41, 5.74) is 10.8. The van der Waals surface area contributed by atoms with Crippen molar-refractivity contribution in [3.05, 3.63) is 82.2 Å². The standard InChI is InChI=1S/C14H13N3/c15-17-16-11-14(12-7-3-1-4-8-12)13-9-5-2-6-10-13/h1-10,14H,11H2.